The number of ether oxygens (including phenoxy) is 2. The molecule has 1 aliphatic heterocycles. The minimum Gasteiger partial charge on any atom is -0.462 e. The van der Waals surface area contributed by atoms with Gasteiger partial charge in [0, 0.05) is 12.5 Å². The molecule has 3 saturated carbocycles. The lowest BCUT2D eigenvalue weighted by Crippen LogP contribution is -2.64. The van der Waals surface area contributed by atoms with E-state index < -0.39 is 18.5 Å². The van der Waals surface area contributed by atoms with Crippen LogP contribution in [0.2, 0.25) is 0 Å². The highest BCUT2D eigenvalue weighted by atomic mass is 16.5. The minimum atomic E-state index is -0.628. The van der Waals surface area contributed by atoms with Gasteiger partial charge in [-0.1, -0.05) is 6.58 Å². The van der Waals surface area contributed by atoms with Crippen molar-refractivity contribution in [1.82, 2.24) is 4.90 Å². The molecule has 7 heteroatoms. The molecule has 26 heavy (non-hydrogen) atoms. The van der Waals surface area contributed by atoms with E-state index in [1.807, 2.05) is 0 Å². The molecule has 7 atom stereocenters. The van der Waals surface area contributed by atoms with Gasteiger partial charge in [-0.25, -0.2) is 4.79 Å². The van der Waals surface area contributed by atoms with Crippen LogP contribution in [0.4, 0.5) is 0 Å². The highest BCUT2D eigenvalue weighted by Gasteiger charge is 2.68. The fourth-order valence-corrected chi connectivity index (χ4v) is 5.84. The largest absolute Gasteiger partial charge is 0.462 e. The summed E-state index contributed by atoms with van der Waals surface area (Å²) in [7, 11) is 0. The number of β-lactam (4-membered cyclic amide) rings is 1. The van der Waals surface area contributed by atoms with Crippen LogP contribution in [0.1, 0.15) is 33.1 Å². The monoisotopic (exact) mass is 361 g/mol. The predicted molar refractivity (Wildman–Crippen MR) is 88.3 cm³/mol. The molecule has 1 heterocycles. The fourth-order valence-electron chi connectivity index (χ4n) is 5.84. The maximum absolute atomic E-state index is 12.4. The van der Waals surface area contributed by atoms with Crippen LogP contribution >= 0.6 is 0 Å². The second kappa shape index (κ2) is 5.93. The van der Waals surface area contributed by atoms with Gasteiger partial charge in [-0.15, -0.1) is 0 Å². The Bertz CT molecular complexity index is 715. The molecule has 2 amide bonds. The van der Waals surface area contributed by atoms with Crippen molar-refractivity contribution in [2.75, 3.05) is 6.61 Å². The van der Waals surface area contributed by atoms with E-state index in [0.717, 1.165) is 19.3 Å². The van der Waals surface area contributed by atoms with Crippen molar-refractivity contribution < 1.29 is 28.7 Å². The van der Waals surface area contributed by atoms with Gasteiger partial charge in [-0.3, -0.25) is 19.3 Å². The van der Waals surface area contributed by atoms with E-state index in [0.29, 0.717) is 17.8 Å². The molecule has 140 valence electrons. The van der Waals surface area contributed by atoms with E-state index >= 15 is 0 Å². The number of likely N-dealkylation sites (tertiary alicyclic amines) is 1. The molecule has 0 aromatic rings. The molecule has 0 aromatic heterocycles. The Balaban J connectivity index is 1.43. The van der Waals surface area contributed by atoms with E-state index in [9.17, 15) is 19.2 Å². The number of nitrogens with zero attached hydrogens (tertiary/aromatic N) is 1. The Morgan fingerprint density at radius 1 is 1.15 bits per heavy atom. The first kappa shape index (κ1) is 17.2. The number of carbonyl (C=O) groups excluding carboxylic acids is 4. The maximum atomic E-state index is 12.4. The molecule has 2 bridgehead atoms. The van der Waals surface area contributed by atoms with Crippen molar-refractivity contribution in [3.63, 3.8) is 0 Å². The Kier molecular flexibility index (Phi) is 3.93. The summed E-state index contributed by atoms with van der Waals surface area (Å²) in [5.41, 5.74) is 0.219. The summed E-state index contributed by atoms with van der Waals surface area (Å²) >= 11 is 0. The zero-order valence-corrected chi connectivity index (χ0v) is 15.0. The molecule has 0 spiro atoms. The van der Waals surface area contributed by atoms with Gasteiger partial charge in [0.15, 0.2) is 6.61 Å². The molecule has 7 nitrogen and oxygen atoms in total. The third-order valence-electron chi connectivity index (χ3n) is 6.62. The molecule has 0 aromatic carbocycles. The second-order valence-corrected chi connectivity index (χ2v) is 8.08. The molecule has 1 saturated heterocycles. The van der Waals surface area contributed by atoms with Crippen LogP contribution in [0.15, 0.2) is 12.2 Å². The second-order valence-electron chi connectivity index (χ2n) is 8.08. The summed E-state index contributed by atoms with van der Waals surface area (Å²) in [6.45, 7) is 5.98. The standard InChI is InChI=1S/C19H23NO6/c1-8(2)19(24)25-7-15(22)20-17-13(18(20)23)6-12-11-4-10(16(12)17)5-14(11)26-9(3)21/h10-14,16-17H,1,4-7H2,2-3H3. The van der Waals surface area contributed by atoms with Crippen molar-refractivity contribution in [1.29, 1.82) is 0 Å². The van der Waals surface area contributed by atoms with Gasteiger partial charge in [0.25, 0.3) is 5.91 Å². The van der Waals surface area contributed by atoms with Crippen molar-refractivity contribution in [3.8, 4) is 0 Å². The molecular formula is C19H23NO6. The van der Waals surface area contributed by atoms with E-state index in [-0.39, 0.29) is 41.4 Å². The zero-order valence-electron chi connectivity index (χ0n) is 15.0. The van der Waals surface area contributed by atoms with Gasteiger partial charge in [-0.2, -0.15) is 0 Å². The summed E-state index contributed by atoms with van der Waals surface area (Å²) in [5, 5.41) is 0. The number of imide groups is 1. The Morgan fingerprint density at radius 2 is 1.88 bits per heavy atom. The number of amides is 2. The van der Waals surface area contributed by atoms with Gasteiger partial charge in [0.2, 0.25) is 5.91 Å². The fraction of sp³-hybridized carbons (Fsp3) is 0.684. The van der Waals surface area contributed by atoms with E-state index in [1.54, 1.807) is 0 Å². The van der Waals surface area contributed by atoms with Crippen LogP contribution in [0.5, 0.6) is 0 Å². The zero-order chi connectivity index (χ0) is 18.7. The molecule has 4 aliphatic rings. The number of hydrogen-bond donors (Lipinski definition) is 0. The molecule has 4 fully saturated rings. The van der Waals surface area contributed by atoms with E-state index in [2.05, 4.69) is 6.58 Å². The van der Waals surface area contributed by atoms with Crippen molar-refractivity contribution in [2.24, 2.45) is 29.6 Å². The molecular weight excluding hydrogens is 338 g/mol. The molecule has 0 N–H and O–H groups in total. The smallest absolute Gasteiger partial charge is 0.333 e. The van der Waals surface area contributed by atoms with Crippen molar-refractivity contribution >= 4 is 23.8 Å². The first-order chi connectivity index (χ1) is 12.3. The van der Waals surface area contributed by atoms with Crippen molar-refractivity contribution in [2.45, 2.75) is 45.3 Å². The predicted octanol–water partition coefficient (Wildman–Crippen LogP) is 1.07. The summed E-state index contributed by atoms with van der Waals surface area (Å²) in [5.74, 6) is -0.329. The van der Waals surface area contributed by atoms with Crippen LogP contribution in [0.25, 0.3) is 0 Å². The molecule has 4 rings (SSSR count). The third-order valence-corrected chi connectivity index (χ3v) is 6.62. The van der Waals surface area contributed by atoms with Crippen molar-refractivity contribution in [3.05, 3.63) is 12.2 Å². The topological polar surface area (TPSA) is 90.0 Å². The summed E-state index contributed by atoms with van der Waals surface area (Å²) in [6.07, 6.45) is 2.53. The van der Waals surface area contributed by atoms with Crippen LogP contribution in [-0.2, 0) is 28.7 Å². The lowest BCUT2D eigenvalue weighted by molar-refractivity contribution is -0.171. The van der Waals surface area contributed by atoms with Gasteiger partial charge in [0.1, 0.15) is 6.10 Å². The summed E-state index contributed by atoms with van der Waals surface area (Å²) in [4.78, 5) is 49.0. The van der Waals surface area contributed by atoms with Crippen LogP contribution < -0.4 is 0 Å². The lowest BCUT2D eigenvalue weighted by atomic mass is 9.77. The number of fused-ring (bicyclic) bond motifs is 7. The molecule has 3 aliphatic carbocycles. The van der Waals surface area contributed by atoms with Gasteiger partial charge >= 0.3 is 11.9 Å². The van der Waals surface area contributed by atoms with Gasteiger partial charge < -0.3 is 9.47 Å². The van der Waals surface area contributed by atoms with E-state index in [1.165, 1.54) is 18.7 Å². The number of carbonyl (C=O) groups is 4. The highest BCUT2D eigenvalue weighted by Crippen LogP contribution is 2.64. The number of hydrogen-bond acceptors (Lipinski definition) is 6. The SMILES string of the molecule is C=C(C)C(=O)OCC(=O)N1C(=O)C2CC3C4CC(CC4OC(C)=O)C3C21. The van der Waals surface area contributed by atoms with Crippen LogP contribution in [-0.4, -0.2) is 47.4 Å². The molecule has 7 unspecified atom stereocenters. The summed E-state index contributed by atoms with van der Waals surface area (Å²) in [6, 6.07) is -0.0863. The third kappa shape index (κ3) is 2.40. The average molecular weight is 361 g/mol. The van der Waals surface area contributed by atoms with Crippen LogP contribution in [0, 0.1) is 29.6 Å². The molecule has 0 radical (unpaired) electrons. The first-order valence-corrected chi connectivity index (χ1v) is 9.15. The average Bonchev–Trinajstić information content (AvgIpc) is 3.20. The number of esters is 2. The quantitative estimate of drug-likeness (QED) is 0.423. The van der Waals surface area contributed by atoms with E-state index in [4.69, 9.17) is 9.47 Å². The maximum Gasteiger partial charge on any atom is 0.333 e. The highest BCUT2D eigenvalue weighted by molar-refractivity contribution is 6.03. The summed E-state index contributed by atoms with van der Waals surface area (Å²) < 4.78 is 10.4. The lowest BCUT2D eigenvalue weighted by Gasteiger charge is -2.45. The Labute approximate surface area is 151 Å². The van der Waals surface area contributed by atoms with Gasteiger partial charge in [0.05, 0.1) is 12.0 Å². The van der Waals surface area contributed by atoms with Gasteiger partial charge in [-0.05, 0) is 49.9 Å². The normalized spacial score (nSPS) is 39.1. The number of rotatable bonds is 4. The first-order valence-electron chi connectivity index (χ1n) is 9.15. The van der Waals surface area contributed by atoms with Crippen LogP contribution in [0.3, 0.4) is 0 Å². The Hall–Kier alpha value is -2.18. The minimum absolute atomic E-state index is 0.0491. The Morgan fingerprint density at radius 3 is 2.54 bits per heavy atom.